The molecule has 0 aromatic carbocycles. The van der Waals surface area contributed by atoms with Crippen LogP contribution in [0.5, 0.6) is 0 Å². The maximum absolute atomic E-state index is 9.30. The van der Waals surface area contributed by atoms with Crippen LogP contribution in [0.4, 0.5) is 0 Å². The first-order chi connectivity index (χ1) is 20.3. The van der Waals surface area contributed by atoms with Crippen LogP contribution in [-0.4, -0.2) is 57.1 Å². The van der Waals surface area contributed by atoms with E-state index in [4.69, 9.17) is 10.2 Å². The average Bonchev–Trinajstić information content (AvgIpc) is 2.84. The van der Waals surface area contributed by atoms with Gasteiger partial charge in [-0.3, -0.25) is 0 Å². The zero-order valence-electron chi connectivity index (χ0n) is 34.4. The number of hydrogen-bond donors (Lipinski definition) is 5. The monoisotopic (exact) mass is 651 g/mol. The van der Waals surface area contributed by atoms with Crippen LogP contribution >= 0.6 is 0 Å². The summed E-state index contributed by atoms with van der Waals surface area (Å²) in [5, 5.41) is 45.6. The Morgan fingerprint density at radius 1 is 0.289 bits per heavy atom. The molecule has 0 radical (unpaired) electrons. The molecule has 0 aromatic rings. The largest absolute Gasteiger partial charge is 0.396 e. The van der Waals surface area contributed by atoms with E-state index in [-0.39, 0.29) is 18.3 Å². The highest BCUT2D eigenvalue weighted by molar-refractivity contribution is 4.66. The highest BCUT2D eigenvalue weighted by atomic mass is 16.3. The number of hydrogen-bond acceptors (Lipinski definition) is 5. The predicted molar refractivity (Wildman–Crippen MR) is 201 cm³/mol. The number of aliphatic hydroxyl groups excluding tert-OH is 5. The molecule has 0 aliphatic heterocycles. The van der Waals surface area contributed by atoms with E-state index in [0.29, 0.717) is 84.2 Å². The molecule has 3 atom stereocenters. The molecule has 5 N–H and O–H groups in total. The molecule has 0 amide bonds. The Hall–Kier alpha value is -0.200. The minimum atomic E-state index is -0.106. The maximum atomic E-state index is 9.30. The predicted octanol–water partition coefficient (Wildman–Crippen LogP) is 9.96. The van der Waals surface area contributed by atoms with Crippen molar-refractivity contribution in [3.05, 3.63) is 0 Å². The molecule has 5 nitrogen and oxygen atoms in total. The zero-order chi connectivity index (χ0) is 37.2. The van der Waals surface area contributed by atoms with Crippen molar-refractivity contribution < 1.29 is 25.5 Å². The van der Waals surface area contributed by atoms with Crippen molar-refractivity contribution in [2.45, 2.75) is 176 Å². The molecule has 0 saturated carbocycles. The van der Waals surface area contributed by atoms with Gasteiger partial charge in [0.2, 0.25) is 0 Å². The molecule has 0 heterocycles. The molecule has 0 saturated heterocycles. The van der Waals surface area contributed by atoms with Crippen LogP contribution in [-0.2, 0) is 0 Å². The molecule has 0 aliphatic rings. The van der Waals surface area contributed by atoms with E-state index in [0.717, 1.165) is 19.3 Å². The third-order valence-corrected chi connectivity index (χ3v) is 8.29. The summed E-state index contributed by atoms with van der Waals surface area (Å²) in [5.74, 6) is 6.45. The van der Waals surface area contributed by atoms with Crippen molar-refractivity contribution in [2.75, 3.05) is 13.2 Å². The average molecular weight is 651 g/mol. The molecule has 0 spiro atoms. The third-order valence-electron chi connectivity index (χ3n) is 8.29. The van der Waals surface area contributed by atoms with Crippen molar-refractivity contribution in [3.8, 4) is 0 Å². The summed E-state index contributed by atoms with van der Waals surface area (Å²) in [6.07, 6.45) is 2.47. The van der Waals surface area contributed by atoms with Crippen LogP contribution in [0.1, 0.15) is 158 Å². The minimum absolute atomic E-state index is 0.106. The molecule has 0 bridgehead atoms. The van der Waals surface area contributed by atoms with Gasteiger partial charge in [-0.2, -0.15) is 0 Å². The lowest BCUT2D eigenvalue weighted by Crippen LogP contribution is -2.19. The van der Waals surface area contributed by atoms with E-state index in [1.54, 1.807) is 0 Å². The second kappa shape index (κ2) is 32.4. The molecule has 0 aliphatic carbocycles. The summed E-state index contributed by atoms with van der Waals surface area (Å²) in [6.45, 7) is 43.0. The van der Waals surface area contributed by atoms with E-state index in [1.807, 2.05) is 41.5 Å². The summed E-state index contributed by atoms with van der Waals surface area (Å²) in [6, 6.07) is 0. The molecule has 5 heteroatoms. The number of aliphatic hydroxyl groups is 5. The fourth-order valence-electron chi connectivity index (χ4n) is 4.65. The van der Waals surface area contributed by atoms with Crippen LogP contribution in [0.2, 0.25) is 0 Å². The fraction of sp³-hybridized carbons (Fsp3) is 1.00. The van der Waals surface area contributed by atoms with Gasteiger partial charge in [-0.1, -0.05) is 138 Å². The van der Waals surface area contributed by atoms with Gasteiger partial charge in [0.25, 0.3) is 0 Å². The van der Waals surface area contributed by atoms with Crippen molar-refractivity contribution in [1.29, 1.82) is 0 Å². The normalized spacial score (nSPS) is 13.8. The Balaban J connectivity index is -0.000000148. The summed E-state index contributed by atoms with van der Waals surface area (Å²) < 4.78 is 0. The SMILES string of the molecule is CC(C)C(CO)C(C)C.CC(C)C(CO)C(C)C.CC(C)CC(O)C(C)C.CC(C)C[C@@H](O)C(C)C.CC(C)C[C@H](O)C(C)C. The summed E-state index contributed by atoms with van der Waals surface area (Å²) >= 11 is 0. The molecule has 45 heavy (non-hydrogen) atoms. The van der Waals surface area contributed by atoms with Gasteiger partial charge in [-0.25, -0.2) is 0 Å². The van der Waals surface area contributed by atoms with Crippen LogP contribution in [0.3, 0.4) is 0 Å². The Morgan fingerprint density at radius 2 is 0.444 bits per heavy atom. The first-order valence-corrected chi connectivity index (χ1v) is 18.6. The van der Waals surface area contributed by atoms with Gasteiger partial charge >= 0.3 is 0 Å². The first kappa shape index (κ1) is 54.3. The Kier molecular flexibility index (Phi) is 39.0. The van der Waals surface area contributed by atoms with Crippen LogP contribution in [0, 0.1) is 71.0 Å². The van der Waals surface area contributed by atoms with E-state index < -0.39 is 0 Å². The molecule has 280 valence electrons. The second-order valence-electron chi connectivity index (χ2n) is 17.0. The van der Waals surface area contributed by atoms with Crippen LogP contribution in [0.25, 0.3) is 0 Å². The Morgan fingerprint density at radius 3 is 0.467 bits per heavy atom. The van der Waals surface area contributed by atoms with Crippen molar-refractivity contribution in [2.24, 2.45) is 71.0 Å². The Labute approximate surface area is 285 Å². The fourth-order valence-corrected chi connectivity index (χ4v) is 4.65. The lowest BCUT2D eigenvalue weighted by molar-refractivity contribution is 0.102. The van der Waals surface area contributed by atoms with Gasteiger partial charge in [-0.15, -0.1) is 0 Å². The van der Waals surface area contributed by atoms with E-state index in [1.165, 1.54) is 0 Å². The molecule has 0 fully saturated rings. The highest BCUT2D eigenvalue weighted by Gasteiger charge is 2.16. The van der Waals surface area contributed by atoms with E-state index in [9.17, 15) is 15.3 Å². The summed E-state index contributed by atoms with van der Waals surface area (Å²) in [4.78, 5) is 0. The van der Waals surface area contributed by atoms with Crippen molar-refractivity contribution in [1.82, 2.24) is 0 Å². The van der Waals surface area contributed by atoms with E-state index in [2.05, 4.69) is 96.9 Å². The minimum Gasteiger partial charge on any atom is -0.396 e. The molecule has 0 rings (SSSR count). The maximum Gasteiger partial charge on any atom is 0.0565 e. The van der Waals surface area contributed by atoms with Gasteiger partial charge in [0, 0.05) is 13.2 Å². The smallest absolute Gasteiger partial charge is 0.0565 e. The van der Waals surface area contributed by atoms with E-state index >= 15 is 0 Å². The van der Waals surface area contributed by atoms with Gasteiger partial charge in [-0.05, 0) is 90.3 Å². The van der Waals surface area contributed by atoms with Crippen LogP contribution in [0.15, 0.2) is 0 Å². The summed E-state index contributed by atoms with van der Waals surface area (Å²) in [7, 11) is 0. The third kappa shape index (κ3) is 39.9. The first-order valence-electron chi connectivity index (χ1n) is 18.6. The van der Waals surface area contributed by atoms with Crippen molar-refractivity contribution >= 4 is 0 Å². The molecule has 1 unspecified atom stereocenters. The van der Waals surface area contributed by atoms with Crippen molar-refractivity contribution in [3.63, 3.8) is 0 Å². The topological polar surface area (TPSA) is 101 Å². The zero-order valence-corrected chi connectivity index (χ0v) is 34.4. The highest BCUT2D eigenvalue weighted by Crippen LogP contribution is 2.20. The van der Waals surface area contributed by atoms with Gasteiger partial charge < -0.3 is 25.5 Å². The van der Waals surface area contributed by atoms with Gasteiger partial charge in [0.1, 0.15) is 0 Å². The summed E-state index contributed by atoms with van der Waals surface area (Å²) in [5.41, 5.74) is 0. The number of rotatable bonds is 15. The Bertz CT molecular complexity index is 483. The molecular formula is C40H90O5. The quantitative estimate of drug-likeness (QED) is 0.121. The molecule has 0 aromatic heterocycles. The second-order valence-corrected chi connectivity index (χ2v) is 17.0. The standard InChI is InChI=1S/5C8H18O/c2*1-6(2)8(5-9)7(3)4;3*1-6(2)5-8(9)7(3)4/h5*6-9H,5H2,1-4H3/t;;2*8-;/m..10./s1. The van der Waals surface area contributed by atoms with Crippen LogP contribution < -0.4 is 0 Å². The lowest BCUT2D eigenvalue weighted by Gasteiger charge is -2.21. The lowest BCUT2D eigenvalue weighted by atomic mass is 9.86. The molecular weight excluding hydrogens is 560 g/mol. The van der Waals surface area contributed by atoms with Gasteiger partial charge in [0.05, 0.1) is 18.3 Å². The van der Waals surface area contributed by atoms with Gasteiger partial charge in [0.15, 0.2) is 0 Å².